The molecule has 0 heterocycles. The summed E-state index contributed by atoms with van der Waals surface area (Å²) in [6, 6.07) is 26.6. The third-order valence-corrected chi connectivity index (χ3v) is 12.5. The third-order valence-electron chi connectivity index (χ3n) is 10.1. The van der Waals surface area contributed by atoms with Crippen molar-refractivity contribution in [1.82, 2.24) is 0 Å². The fraction of sp³-hybridized carbons (Fsp3) is 0.625. The zero-order valence-electron chi connectivity index (χ0n) is 33.7. The van der Waals surface area contributed by atoms with Gasteiger partial charge in [0, 0.05) is 0 Å². The first-order chi connectivity index (χ1) is 25.7. The molecule has 0 spiro atoms. The van der Waals surface area contributed by atoms with Crippen LogP contribution in [0.2, 0.25) is 0 Å². The summed E-state index contributed by atoms with van der Waals surface area (Å²) < 4.78 is 18.5. The van der Waals surface area contributed by atoms with E-state index in [-0.39, 0.29) is 0 Å². The molecule has 0 unspecified atom stereocenters. The van der Waals surface area contributed by atoms with Gasteiger partial charge >= 0.3 is 0 Å². The van der Waals surface area contributed by atoms with Crippen LogP contribution in [0.25, 0.3) is 0 Å². The van der Waals surface area contributed by atoms with Crippen molar-refractivity contribution >= 4 is 23.8 Å². The van der Waals surface area contributed by atoms with Crippen molar-refractivity contribution in [3.05, 3.63) is 72.8 Å². The molecule has 0 saturated heterocycles. The van der Waals surface area contributed by atoms with Crippen molar-refractivity contribution in [3.63, 3.8) is 0 Å². The Morgan fingerprint density at radius 3 is 0.731 bits per heavy atom. The van der Waals surface area contributed by atoms with E-state index in [1.807, 2.05) is 0 Å². The highest BCUT2D eigenvalue weighted by Crippen LogP contribution is 2.35. The van der Waals surface area contributed by atoms with E-state index in [2.05, 4.69) is 93.6 Å². The molecule has 3 rings (SSSR count). The van der Waals surface area contributed by atoms with Crippen LogP contribution in [0.3, 0.4) is 0 Å². The predicted octanol–water partition coefficient (Wildman–Crippen LogP) is 14.0. The highest BCUT2D eigenvalue weighted by molar-refractivity contribution is 7.79. The molecule has 0 bridgehead atoms. The summed E-state index contributed by atoms with van der Waals surface area (Å²) in [6.45, 7) is 9.23. The van der Waals surface area contributed by atoms with Crippen LogP contribution in [0, 0.1) is 0 Å². The highest BCUT2D eigenvalue weighted by atomic mass is 31.1. The van der Waals surface area contributed by atoms with Crippen LogP contribution in [0.1, 0.15) is 175 Å². The molecular weight excluding hydrogens is 655 g/mol. The maximum absolute atomic E-state index is 6.17. The van der Waals surface area contributed by atoms with Crippen LogP contribution in [-0.4, -0.2) is 19.8 Å². The summed E-state index contributed by atoms with van der Waals surface area (Å²) >= 11 is 0. The van der Waals surface area contributed by atoms with Crippen molar-refractivity contribution < 1.29 is 14.2 Å². The van der Waals surface area contributed by atoms with Gasteiger partial charge in [0.1, 0.15) is 17.2 Å². The number of hydrogen-bond acceptors (Lipinski definition) is 3. The van der Waals surface area contributed by atoms with E-state index in [0.29, 0.717) is 0 Å². The molecule has 3 aromatic rings. The van der Waals surface area contributed by atoms with Crippen molar-refractivity contribution in [2.75, 3.05) is 19.8 Å². The molecule has 0 radical (unpaired) electrons. The predicted molar refractivity (Wildman–Crippen MR) is 229 cm³/mol. The summed E-state index contributed by atoms with van der Waals surface area (Å²) in [4.78, 5) is 0. The molecule has 290 valence electrons. The van der Waals surface area contributed by atoms with E-state index in [0.717, 1.165) is 56.3 Å². The maximum atomic E-state index is 6.17. The lowest BCUT2D eigenvalue weighted by Crippen LogP contribution is -2.20. The van der Waals surface area contributed by atoms with Gasteiger partial charge in [-0.05, 0) is 79.5 Å². The molecule has 52 heavy (non-hydrogen) atoms. The SMILES string of the molecule is CCCCCCCCCCOc1ccc(P(c2ccc(OCCCCCCCCCC)cc2)c2ccc(OCCCCCCCCCC)cc2)cc1. The molecule has 0 fully saturated rings. The largest absolute Gasteiger partial charge is 0.494 e. The Hall–Kier alpha value is -2.51. The van der Waals surface area contributed by atoms with Gasteiger partial charge in [-0.1, -0.05) is 192 Å². The molecule has 0 aliphatic rings. The standard InChI is InChI=1S/C48H75O3P/c1-4-7-10-13-16-19-22-25-40-49-43-28-34-46(35-29-43)52(47-36-30-44(31-37-47)50-41-26-23-20-17-14-11-8-5-2)48-38-32-45(33-39-48)51-42-27-24-21-18-15-12-9-6-3/h28-39H,4-27,40-42H2,1-3H3. The number of ether oxygens (including phenoxy) is 3. The van der Waals surface area contributed by atoms with Crippen LogP contribution >= 0.6 is 7.92 Å². The van der Waals surface area contributed by atoms with Crippen LogP contribution < -0.4 is 30.1 Å². The molecular formula is C48H75O3P. The third kappa shape index (κ3) is 19.5. The lowest BCUT2D eigenvalue weighted by atomic mass is 10.1. The quantitative estimate of drug-likeness (QED) is 0.0461. The van der Waals surface area contributed by atoms with Crippen molar-refractivity contribution in [3.8, 4) is 17.2 Å². The van der Waals surface area contributed by atoms with E-state index in [1.165, 1.54) is 151 Å². The van der Waals surface area contributed by atoms with E-state index >= 15 is 0 Å². The number of hydrogen-bond donors (Lipinski definition) is 0. The summed E-state index contributed by atoms with van der Waals surface area (Å²) in [7, 11) is -0.733. The fourth-order valence-electron chi connectivity index (χ4n) is 6.80. The van der Waals surface area contributed by atoms with E-state index in [9.17, 15) is 0 Å². The zero-order valence-corrected chi connectivity index (χ0v) is 34.6. The van der Waals surface area contributed by atoms with Crippen molar-refractivity contribution in [2.45, 2.75) is 175 Å². The summed E-state index contributed by atoms with van der Waals surface area (Å²) in [5.74, 6) is 2.91. The monoisotopic (exact) mass is 731 g/mol. The molecule has 0 saturated carbocycles. The second kappa shape index (κ2) is 29.9. The van der Waals surface area contributed by atoms with Crippen molar-refractivity contribution in [2.24, 2.45) is 0 Å². The van der Waals surface area contributed by atoms with Gasteiger partial charge in [0.05, 0.1) is 19.8 Å². The lowest BCUT2D eigenvalue weighted by molar-refractivity contribution is 0.304. The molecule has 0 aromatic heterocycles. The van der Waals surface area contributed by atoms with E-state index in [1.54, 1.807) is 0 Å². The molecule has 4 heteroatoms. The van der Waals surface area contributed by atoms with Gasteiger partial charge in [0.15, 0.2) is 0 Å². The van der Waals surface area contributed by atoms with Gasteiger partial charge in [-0.3, -0.25) is 0 Å². The number of benzene rings is 3. The summed E-state index contributed by atoms with van der Waals surface area (Å²) in [5, 5.41) is 3.99. The minimum Gasteiger partial charge on any atom is -0.494 e. The Balaban J connectivity index is 1.55. The second-order valence-corrected chi connectivity index (χ2v) is 17.0. The molecule has 0 amide bonds. The smallest absolute Gasteiger partial charge is 0.119 e. The zero-order chi connectivity index (χ0) is 36.7. The Morgan fingerprint density at radius 2 is 0.500 bits per heavy atom. The Kier molecular flexibility index (Phi) is 25.2. The topological polar surface area (TPSA) is 27.7 Å². The van der Waals surface area contributed by atoms with Gasteiger partial charge in [-0.25, -0.2) is 0 Å². The first-order valence-electron chi connectivity index (χ1n) is 21.7. The molecule has 0 aliphatic carbocycles. The lowest BCUT2D eigenvalue weighted by Gasteiger charge is -2.20. The highest BCUT2D eigenvalue weighted by Gasteiger charge is 2.17. The minimum absolute atomic E-state index is 0.733. The van der Waals surface area contributed by atoms with Gasteiger partial charge in [-0.2, -0.15) is 0 Å². The molecule has 0 aliphatic heterocycles. The maximum Gasteiger partial charge on any atom is 0.119 e. The minimum atomic E-state index is -0.733. The van der Waals surface area contributed by atoms with Crippen LogP contribution in [0.5, 0.6) is 17.2 Å². The van der Waals surface area contributed by atoms with Gasteiger partial charge in [0.25, 0.3) is 0 Å². The first kappa shape index (κ1) is 43.9. The summed E-state index contributed by atoms with van der Waals surface area (Å²) in [5.41, 5.74) is 0. The second-order valence-electron chi connectivity index (χ2n) is 14.8. The number of rotatable bonds is 33. The van der Waals surface area contributed by atoms with Crippen LogP contribution in [0.15, 0.2) is 72.8 Å². The summed E-state index contributed by atoms with van der Waals surface area (Å²) in [6.07, 6.45) is 31.6. The van der Waals surface area contributed by atoms with Gasteiger partial charge in [-0.15, -0.1) is 0 Å². The average Bonchev–Trinajstić information content (AvgIpc) is 3.18. The van der Waals surface area contributed by atoms with Crippen molar-refractivity contribution in [1.29, 1.82) is 0 Å². The van der Waals surface area contributed by atoms with E-state index < -0.39 is 7.92 Å². The van der Waals surface area contributed by atoms with Crippen LogP contribution in [-0.2, 0) is 0 Å². The normalized spacial score (nSPS) is 11.3. The van der Waals surface area contributed by atoms with Gasteiger partial charge in [0.2, 0.25) is 0 Å². The van der Waals surface area contributed by atoms with E-state index in [4.69, 9.17) is 14.2 Å². The average molecular weight is 731 g/mol. The Labute approximate surface area is 321 Å². The van der Waals surface area contributed by atoms with Crippen LogP contribution in [0.4, 0.5) is 0 Å². The molecule has 3 aromatic carbocycles. The molecule has 0 atom stereocenters. The molecule has 0 N–H and O–H groups in total. The number of unbranched alkanes of at least 4 members (excludes halogenated alkanes) is 21. The van der Waals surface area contributed by atoms with Gasteiger partial charge < -0.3 is 14.2 Å². The fourth-order valence-corrected chi connectivity index (χ4v) is 9.04. The Morgan fingerprint density at radius 1 is 0.288 bits per heavy atom. The first-order valence-corrected chi connectivity index (χ1v) is 23.1. The Bertz CT molecular complexity index is 1070. The molecule has 3 nitrogen and oxygen atoms in total.